The number of hydrogen-bond acceptors (Lipinski definition) is 4. The van der Waals surface area contributed by atoms with Gasteiger partial charge in [-0.15, -0.1) is 0 Å². The van der Waals surface area contributed by atoms with Gasteiger partial charge in [0.2, 0.25) is 0 Å². The minimum Gasteiger partial charge on any atom is -0.393 e. The lowest BCUT2D eigenvalue weighted by molar-refractivity contribution is -0.385. The number of aryl methyl sites for hydroxylation is 1. The molecule has 2 N–H and O–H groups in total. The van der Waals surface area contributed by atoms with E-state index in [1.807, 2.05) is 0 Å². The Hall–Kier alpha value is -0.980. The first-order valence-electron chi connectivity index (χ1n) is 4.20. The number of halogens is 1. The molecule has 6 heteroatoms. The molecule has 5 nitrogen and oxygen atoms in total. The highest BCUT2D eigenvalue weighted by Crippen LogP contribution is 2.30. The highest BCUT2D eigenvalue weighted by Gasteiger charge is 2.17. The van der Waals surface area contributed by atoms with Gasteiger partial charge in [-0.1, -0.05) is 15.9 Å². The van der Waals surface area contributed by atoms with E-state index < -0.39 is 17.6 Å². The summed E-state index contributed by atoms with van der Waals surface area (Å²) < 4.78 is 0.427. The van der Waals surface area contributed by atoms with Crippen LogP contribution in [-0.4, -0.2) is 21.7 Å². The van der Waals surface area contributed by atoms with Crippen molar-refractivity contribution in [1.29, 1.82) is 0 Å². The van der Waals surface area contributed by atoms with Crippen molar-refractivity contribution < 1.29 is 15.1 Å². The predicted octanol–water partition coefficient (Wildman–Crippen LogP) is 1.69. The maximum atomic E-state index is 10.5. The molecule has 1 atom stereocenters. The van der Waals surface area contributed by atoms with Gasteiger partial charge in [0.15, 0.2) is 0 Å². The number of non-ortho nitro benzene ring substituents is 1. The first-order chi connectivity index (χ1) is 6.97. The first-order valence-corrected chi connectivity index (χ1v) is 5.00. The number of nitro benzene ring substituents is 1. The van der Waals surface area contributed by atoms with Crippen LogP contribution in [0.5, 0.6) is 0 Å². The van der Waals surface area contributed by atoms with E-state index in [9.17, 15) is 15.2 Å². The number of hydrogen-bond donors (Lipinski definition) is 2. The smallest absolute Gasteiger partial charge is 0.270 e. The van der Waals surface area contributed by atoms with E-state index in [0.29, 0.717) is 15.6 Å². The first kappa shape index (κ1) is 12.1. The van der Waals surface area contributed by atoms with Crippen LogP contribution in [0.3, 0.4) is 0 Å². The van der Waals surface area contributed by atoms with Crippen molar-refractivity contribution in [3.05, 3.63) is 37.8 Å². The molecular weight excluding hydrogens is 266 g/mol. The molecule has 15 heavy (non-hydrogen) atoms. The SMILES string of the molecule is Cc1cc([N+](=O)[O-])cc(Br)c1[C@H](O)CO. The van der Waals surface area contributed by atoms with Crippen molar-refractivity contribution in [3.8, 4) is 0 Å². The molecule has 0 aliphatic carbocycles. The Bertz CT molecular complexity index is 371. The van der Waals surface area contributed by atoms with E-state index in [1.54, 1.807) is 6.92 Å². The van der Waals surface area contributed by atoms with Gasteiger partial charge in [0, 0.05) is 22.2 Å². The third-order valence-corrected chi connectivity index (χ3v) is 2.69. The lowest BCUT2D eigenvalue weighted by Gasteiger charge is -2.12. The van der Waals surface area contributed by atoms with Gasteiger partial charge in [-0.05, 0) is 12.5 Å². The van der Waals surface area contributed by atoms with E-state index in [-0.39, 0.29) is 5.69 Å². The van der Waals surface area contributed by atoms with E-state index in [0.717, 1.165) is 0 Å². The Morgan fingerprint density at radius 2 is 2.20 bits per heavy atom. The Balaban J connectivity index is 3.27. The maximum absolute atomic E-state index is 10.5. The summed E-state index contributed by atoms with van der Waals surface area (Å²) in [5, 5.41) is 28.8. The topological polar surface area (TPSA) is 83.6 Å². The van der Waals surface area contributed by atoms with Crippen LogP contribution in [0.1, 0.15) is 17.2 Å². The van der Waals surface area contributed by atoms with Crippen molar-refractivity contribution in [1.82, 2.24) is 0 Å². The molecule has 0 aliphatic heterocycles. The predicted molar refractivity (Wildman–Crippen MR) is 57.6 cm³/mol. The average Bonchev–Trinajstić information content (AvgIpc) is 2.16. The summed E-state index contributed by atoms with van der Waals surface area (Å²) in [7, 11) is 0. The van der Waals surface area contributed by atoms with Gasteiger partial charge in [0.05, 0.1) is 11.5 Å². The number of rotatable bonds is 3. The van der Waals surface area contributed by atoms with Crippen molar-refractivity contribution in [2.45, 2.75) is 13.0 Å². The number of benzene rings is 1. The summed E-state index contributed by atoms with van der Waals surface area (Å²) in [6, 6.07) is 2.67. The van der Waals surface area contributed by atoms with E-state index >= 15 is 0 Å². The lowest BCUT2D eigenvalue weighted by atomic mass is 10.0. The van der Waals surface area contributed by atoms with Gasteiger partial charge in [0.1, 0.15) is 6.10 Å². The van der Waals surface area contributed by atoms with Crippen molar-refractivity contribution >= 4 is 21.6 Å². The largest absolute Gasteiger partial charge is 0.393 e. The molecule has 0 unspecified atom stereocenters. The minimum absolute atomic E-state index is 0.0479. The number of nitro groups is 1. The molecule has 0 saturated heterocycles. The van der Waals surface area contributed by atoms with E-state index in [4.69, 9.17) is 5.11 Å². The summed E-state index contributed by atoms with van der Waals surface area (Å²) in [5.41, 5.74) is 0.994. The van der Waals surface area contributed by atoms with Gasteiger partial charge >= 0.3 is 0 Å². The highest BCUT2D eigenvalue weighted by molar-refractivity contribution is 9.10. The normalized spacial score (nSPS) is 12.5. The summed E-state index contributed by atoms with van der Waals surface area (Å²) in [5.74, 6) is 0. The molecule has 0 aliphatic rings. The van der Waals surface area contributed by atoms with E-state index in [1.165, 1.54) is 12.1 Å². The molecule has 0 heterocycles. The van der Waals surface area contributed by atoms with Gasteiger partial charge in [-0.3, -0.25) is 10.1 Å². The molecular formula is C9H10BrNO4. The minimum atomic E-state index is -1.03. The fraction of sp³-hybridized carbons (Fsp3) is 0.333. The number of aliphatic hydroxyl groups excluding tert-OH is 2. The number of aliphatic hydroxyl groups is 2. The summed E-state index contributed by atoms with van der Waals surface area (Å²) >= 11 is 3.13. The number of nitrogens with zero attached hydrogens (tertiary/aromatic N) is 1. The second-order valence-electron chi connectivity index (χ2n) is 3.11. The van der Waals surface area contributed by atoms with Crippen LogP contribution in [0.2, 0.25) is 0 Å². The Morgan fingerprint density at radius 1 is 1.60 bits per heavy atom. The second-order valence-corrected chi connectivity index (χ2v) is 3.97. The lowest BCUT2D eigenvalue weighted by Crippen LogP contribution is -2.06. The van der Waals surface area contributed by atoms with Crippen LogP contribution in [-0.2, 0) is 0 Å². The zero-order chi connectivity index (χ0) is 11.6. The van der Waals surface area contributed by atoms with Gasteiger partial charge < -0.3 is 10.2 Å². The molecule has 0 aromatic heterocycles. The van der Waals surface area contributed by atoms with Crippen LogP contribution in [0, 0.1) is 17.0 Å². The third-order valence-electron chi connectivity index (χ3n) is 2.04. The Labute approximate surface area is 94.6 Å². The molecule has 0 fully saturated rings. The second kappa shape index (κ2) is 4.69. The van der Waals surface area contributed by atoms with Crippen molar-refractivity contribution in [3.63, 3.8) is 0 Å². The molecule has 0 saturated carbocycles. The highest BCUT2D eigenvalue weighted by atomic mass is 79.9. The Kier molecular flexibility index (Phi) is 3.78. The Morgan fingerprint density at radius 3 is 2.60 bits per heavy atom. The maximum Gasteiger partial charge on any atom is 0.270 e. The third kappa shape index (κ3) is 2.53. The standard InChI is InChI=1S/C9H10BrNO4/c1-5-2-6(11(14)15)3-7(10)9(5)8(13)4-12/h2-3,8,12-13H,4H2,1H3/t8-/m1/s1. The van der Waals surface area contributed by atoms with Gasteiger partial charge in [0.25, 0.3) is 5.69 Å². The van der Waals surface area contributed by atoms with Crippen LogP contribution in [0.4, 0.5) is 5.69 Å². The monoisotopic (exact) mass is 275 g/mol. The molecule has 0 bridgehead atoms. The van der Waals surface area contributed by atoms with Crippen molar-refractivity contribution in [2.24, 2.45) is 0 Å². The molecule has 0 radical (unpaired) electrons. The zero-order valence-corrected chi connectivity index (χ0v) is 9.56. The van der Waals surface area contributed by atoms with Crippen LogP contribution in [0.25, 0.3) is 0 Å². The van der Waals surface area contributed by atoms with Gasteiger partial charge in [-0.25, -0.2) is 0 Å². The quantitative estimate of drug-likeness (QED) is 0.650. The van der Waals surface area contributed by atoms with Crippen molar-refractivity contribution in [2.75, 3.05) is 6.61 Å². The fourth-order valence-corrected chi connectivity index (χ4v) is 2.17. The van der Waals surface area contributed by atoms with Crippen LogP contribution < -0.4 is 0 Å². The van der Waals surface area contributed by atoms with Crippen LogP contribution in [0.15, 0.2) is 16.6 Å². The zero-order valence-electron chi connectivity index (χ0n) is 7.98. The van der Waals surface area contributed by atoms with E-state index in [2.05, 4.69) is 15.9 Å². The molecule has 1 rings (SSSR count). The molecule has 1 aromatic carbocycles. The summed E-state index contributed by atoms with van der Waals surface area (Å²) in [6.07, 6.45) is -1.03. The molecule has 0 amide bonds. The summed E-state index contributed by atoms with van der Waals surface area (Å²) in [4.78, 5) is 10.0. The molecule has 1 aromatic rings. The fourth-order valence-electron chi connectivity index (χ4n) is 1.36. The summed E-state index contributed by atoms with van der Waals surface area (Å²) in [6.45, 7) is 1.23. The van der Waals surface area contributed by atoms with Crippen LogP contribution >= 0.6 is 15.9 Å². The average molecular weight is 276 g/mol. The molecule has 82 valence electrons. The van der Waals surface area contributed by atoms with Gasteiger partial charge in [-0.2, -0.15) is 0 Å². The molecule has 0 spiro atoms.